The minimum absolute atomic E-state index is 0.222. The van der Waals surface area contributed by atoms with Crippen molar-refractivity contribution in [2.24, 2.45) is 4.99 Å². The number of sulfone groups is 1. The molecule has 1 saturated heterocycles. The van der Waals surface area contributed by atoms with Gasteiger partial charge < -0.3 is 15.0 Å². The smallest absolute Gasteiger partial charge is 0.194 e. The molecule has 0 aliphatic carbocycles. The molecule has 0 spiro atoms. The van der Waals surface area contributed by atoms with Crippen molar-refractivity contribution >= 4 is 15.8 Å². The first-order valence-corrected chi connectivity index (χ1v) is 11.9. The highest BCUT2D eigenvalue weighted by Crippen LogP contribution is 2.19. The van der Waals surface area contributed by atoms with Crippen LogP contribution < -0.4 is 10.1 Å². The first-order chi connectivity index (χ1) is 14.0. The summed E-state index contributed by atoms with van der Waals surface area (Å²) < 4.78 is 29.3. The molecular formula is C22H29N3O3S. The van der Waals surface area contributed by atoms with Gasteiger partial charge in [-0.1, -0.05) is 30.3 Å². The molecule has 1 fully saturated rings. The molecule has 1 heterocycles. The maximum absolute atomic E-state index is 11.6. The minimum atomic E-state index is -3.17. The van der Waals surface area contributed by atoms with Gasteiger partial charge in [0.1, 0.15) is 11.9 Å². The summed E-state index contributed by atoms with van der Waals surface area (Å²) in [4.78, 5) is 7.34. The van der Waals surface area contributed by atoms with E-state index in [0.717, 1.165) is 49.7 Å². The topological polar surface area (TPSA) is 71.0 Å². The van der Waals surface area contributed by atoms with Crippen molar-refractivity contribution in [1.29, 1.82) is 0 Å². The third kappa shape index (κ3) is 6.22. The van der Waals surface area contributed by atoms with E-state index in [1.165, 1.54) is 6.26 Å². The number of hydrogen-bond donors (Lipinski definition) is 1. The van der Waals surface area contributed by atoms with Gasteiger partial charge in [0.15, 0.2) is 15.8 Å². The Morgan fingerprint density at radius 2 is 1.76 bits per heavy atom. The quantitative estimate of drug-likeness (QED) is 0.580. The summed E-state index contributed by atoms with van der Waals surface area (Å²) in [6, 6.07) is 16.9. The lowest BCUT2D eigenvalue weighted by molar-refractivity contribution is 0.129. The van der Waals surface area contributed by atoms with Crippen LogP contribution in [0.15, 0.2) is 64.5 Å². The molecule has 0 radical (unpaired) electrons. The molecule has 0 bridgehead atoms. The van der Waals surface area contributed by atoms with Crippen molar-refractivity contribution in [2.45, 2.75) is 37.3 Å². The maximum atomic E-state index is 11.6. The molecule has 2 aromatic carbocycles. The lowest BCUT2D eigenvalue weighted by Crippen LogP contribution is -2.47. The maximum Gasteiger partial charge on any atom is 0.194 e. The van der Waals surface area contributed by atoms with Gasteiger partial charge in [-0.3, -0.25) is 0 Å². The Morgan fingerprint density at radius 1 is 1.10 bits per heavy atom. The van der Waals surface area contributed by atoms with Gasteiger partial charge in [0.2, 0.25) is 0 Å². The van der Waals surface area contributed by atoms with Gasteiger partial charge in [0.05, 0.1) is 11.4 Å². The number of nitrogens with one attached hydrogen (secondary N) is 1. The Bertz CT molecular complexity index is 904. The van der Waals surface area contributed by atoms with Crippen molar-refractivity contribution in [3.63, 3.8) is 0 Å². The van der Waals surface area contributed by atoms with Crippen LogP contribution in [0.4, 0.5) is 0 Å². The first kappa shape index (κ1) is 21.2. The highest BCUT2D eigenvalue weighted by molar-refractivity contribution is 7.90. The molecule has 2 aromatic rings. The van der Waals surface area contributed by atoms with E-state index >= 15 is 0 Å². The van der Waals surface area contributed by atoms with E-state index in [0.29, 0.717) is 11.4 Å². The fourth-order valence-electron chi connectivity index (χ4n) is 3.31. The number of likely N-dealkylation sites (tertiary alicyclic amines) is 1. The standard InChI is InChI=1S/C22H29N3O3S/c1-3-23-22(24-17-18-9-11-21(12-10-18)29(2,26)27)25-15-13-20(14-16-25)28-19-7-5-4-6-8-19/h4-12,20H,3,13-17H2,1-2H3,(H,23,24). The monoisotopic (exact) mass is 415 g/mol. The predicted molar refractivity (Wildman–Crippen MR) is 116 cm³/mol. The van der Waals surface area contributed by atoms with Gasteiger partial charge in [-0.15, -0.1) is 0 Å². The van der Waals surface area contributed by atoms with Crippen LogP contribution in [0, 0.1) is 0 Å². The normalized spacial score (nSPS) is 15.9. The Labute approximate surface area is 173 Å². The molecule has 6 nitrogen and oxygen atoms in total. The van der Waals surface area contributed by atoms with Crippen LogP contribution in [0.3, 0.4) is 0 Å². The summed E-state index contributed by atoms with van der Waals surface area (Å²) in [5.41, 5.74) is 0.982. The van der Waals surface area contributed by atoms with E-state index in [1.54, 1.807) is 12.1 Å². The fourth-order valence-corrected chi connectivity index (χ4v) is 3.94. The van der Waals surface area contributed by atoms with Crippen LogP contribution in [0.5, 0.6) is 5.75 Å². The predicted octanol–water partition coefficient (Wildman–Crippen LogP) is 3.10. The van der Waals surface area contributed by atoms with E-state index in [9.17, 15) is 8.42 Å². The second-order valence-corrected chi connectivity index (χ2v) is 9.22. The molecule has 1 N–H and O–H groups in total. The molecule has 7 heteroatoms. The van der Waals surface area contributed by atoms with Crippen molar-refractivity contribution in [3.8, 4) is 5.75 Å². The number of para-hydroxylation sites is 1. The van der Waals surface area contributed by atoms with Crippen LogP contribution in [-0.2, 0) is 16.4 Å². The third-order valence-electron chi connectivity index (χ3n) is 4.89. The average molecular weight is 416 g/mol. The number of nitrogens with zero attached hydrogens (tertiary/aromatic N) is 2. The van der Waals surface area contributed by atoms with Crippen LogP contribution >= 0.6 is 0 Å². The van der Waals surface area contributed by atoms with E-state index < -0.39 is 9.84 Å². The molecule has 156 valence electrons. The van der Waals surface area contributed by atoms with Crippen molar-refractivity contribution in [3.05, 3.63) is 60.2 Å². The van der Waals surface area contributed by atoms with E-state index in [2.05, 4.69) is 17.1 Å². The highest BCUT2D eigenvalue weighted by atomic mass is 32.2. The summed E-state index contributed by atoms with van der Waals surface area (Å²) in [5, 5.41) is 3.36. The van der Waals surface area contributed by atoms with Crippen LogP contribution in [0.25, 0.3) is 0 Å². The Kier molecular flexibility index (Phi) is 7.14. The average Bonchev–Trinajstić information content (AvgIpc) is 2.72. The summed E-state index contributed by atoms with van der Waals surface area (Å²) in [6.07, 6.45) is 3.33. The SMILES string of the molecule is CCNC(=NCc1ccc(S(C)(=O)=O)cc1)N1CCC(Oc2ccccc2)CC1. The fraction of sp³-hybridized carbons (Fsp3) is 0.409. The second kappa shape index (κ2) is 9.78. The molecule has 1 aliphatic rings. The Hall–Kier alpha value is -2.54. The van der Waals surface area contributed by atoms with Crippen LogP contribution in [0.2, 0.25) is 0 Å². The molecule has 1 aliphatic heterocycles. The van der Waals surface area contributed by atoms with Gasteiger partial charge in [0, 0.05) is 38.7 Å². The van der Waals surface area contributed by atoms with E-state index in [4.69, 9.17) is 9.73 Å². The van der Waals surface area contributed by atoms with Gasteiger partial charge in [-0.05, 0) is 36.8 Å². The molecule has 29 heavy (non-hydrogen) atoms. The Balaban J connectivity index is 1.58. The molecule has 0 amide bonds. The minimum Gasteiger partial charge on any atom is -0.490 e. The number of piperidine rings is 1. The lowest BCUT2D eigenvalue weighted by atomic mass is 10.1. The van der Waals surface area contributed by atoms with Gasteiger partial charge in [-0.2, -0.15) is 0 Å². The second-order valence-electron chi connectivity index (χ2n) is 7.20. The molecule has 0 unspecified atom stereocenters. The van der Waals surface area contributed by atoms with Gasteiger partial charge >= 0.3 is 0 Å². The number of aliphatic imine (C=N–C) groups is 1. The Morgan fingerprint density at radius 3 is 2.34 bits per heavy atom. The lowest BCUT2D eigenvalue weighted by Gasteiger charge is -2.34. The van der Waals surface area contributed by atoms with Crippen molar-refractivity contribution in [1.82, 2.24) is 10.2 Å². The van der Waals surface area contributed by atoms with Crippen LogP contribution in [0.1, 0.15) is 25.3 Å². The van der Waals surface area contributed by atoms with Crippen molar-refractivity contribution < 1.29 is 13.2 Å². The molecule has 0 saturated carbocycles. The zero-order chi connectivity index (χ0) is 20.7. The zero-order valence-electron chi connectivity index (χ0n) is 17.0. The molecule has 0 aromatic heterocycles. The summed E-state index contributed by atoms with van der Waals surface area (Å²) in [6.45, 7) is 5.13. The van der Waals surface area contributed by atoms with Crippen LogP contribution in [-0.4, -0.2) is 51.3 Å². The summed E-state index contributed by atoms with van der Waals surface area (Å²) >= 11 is 0. The highest BCUT2D eigenvalue weighted by Gasteiger charge is 2.22. The number of hydrogen-bond acceptors (Lipinski definition) is 4. The van der Waals surface area contributed by atoms with E-state index in [-0.39, 0.29) is 6.10 Å². The molecule has 3 rings (SSSR count). The van der Waals surface area contributed by atoms with Gasteiger partial charge in [0.25, 0.3) is 0 Å². The summed E-state index contributed by atoms with van der Waals surface area (Å²) in [7, 11) is -3.17. The molecule has 0 atom stereocenters. The van der Waals surface area contributed by atoms with Crippen molar-refractivity contribution in [2.75, 3.05) is 25.9 Å². The van der Waals surface area contributed by atoms with Gasteiger partial charge in [-0.25, -0.2) is 13.4 Å². The third-order valence-corrected chi connectivity index (χ3v) is 6.01. The first-order valence-electron chi connectivity index (χ1n) is 9.99. The molecular weight excluding hydrogens is 386 g/mol. The number of rotatable bonds is 6. The zero-order valence-corrected chi connectivity index (χ0v) is 17.9. The number of benzene rings is 2. The number of ether oxygens (including phenoxy) is 1. The number of guanidine groups is 1. The largest absolute Gasteiger partial charge is 0.490 e. The summed E-state index contributed by atoms with van der Waals surface area (Å²) in [5.74, 6) is 1.81. The van der Waals surface area contributed by atoms with E-state index in [1.807, 2.05) is 42.5 Å².